The fraction of sp³-hybridized carbons (Fsp3) is 0.0769. The van der Waals surface area contributed by atoms with Gasteiger partial charge in [-0.15, -0.1) is 0 Å². The lowest BCUT2D eigenvalue weighted by Crippen LogP contribution is -2.13. The molecule has 0 aliphatic heterocycles. The third kappa shape index (κ3) is 3.26. The van der Waals surface area contributed by atoms with Crippen LogP contribution in [0, 0.1) is 6.92 Å². The van der Waals surface area contributed by atoms with Crippen LogP contribution in [0.25, 0.3) is 0 Å². The fourth-order valence-electron chi connectivity index (χ4n) is 1.53. The van der Waals surface area contributed by atoms with Crippen LogP contribution in [0.3, 0.4) is 0 Å². The molecule has 98 valence electrons. The highest BCUT2D eigenvalue weighted by Crippen LogP contribution is 2.27. The van der Waals surface area contributed by atoms with Crippen molar-refractivity contribution < 1.29 is 4.79 Å². The van der Waals surface area contributed by atoms with E-state index in [-0.39, 0.29) is 5.91 Å². The number of benzene rings is 1. The first-order valence-corrected chi connectivity index (χ1v) is 6.92. The average molecular weight is 360 g/mol. The predicted molar refractivity (Wildman–Crippen MR) is 81.1 cm³/mol. The van der Waals surface area contributed by atoms with E-state index in [1.54, 1.807) is 37.3 Å². The Kier molecular flexibility index (Phi) is 4.45. The molecule has 0 bridgehead atoms. The molecule has 0 aliphatic carbocycles. The zero-order valence-electron chi connectivity index (χ0n) is 9.88. The molecule has 1 aromatic carbocycles. The highest BCUT2D eigenvalue weighted by atomic mass is 79.9. The van der Waals surface area contributed by atoms with Gasteiger partial charge in [0, 0.05) is 4.47 Å². The second-order valence-corrected chi connectivity index (χ2v) is 5.44. The van der Waals surface area contributed by atoms with Gasteiger partial charge in [-0.1, -0.05) is 29.3 Å². The van der Waals surface area contributed by atoms with Gasteiger partial charge in [0.1, 0.15) is 5.15 Å². The summed E-state index contributed by atoms with van der Waals surface area (Å²) in [5.74, 6) is -0.293. The van der Waals surface area contributed by atoms with Crippen molar-refractivity contribution in [1.29, 1.82) is 0 Å². The first-order chi connectivity index (χ1) is 8.99. The molecule has 0 saturated carbocycles. The summed E-state index contributed by atoms with van der Waals surface area (Å²) in [6.45, 7) is 1.77. The van der Waals surface area contributed by atoms with Crippen molar-refractivity contribution in [2.45, 2.75) is 6.92 Å². The molecule has 19 heavy (non-hydrogen) atoms. The molecule has 2 aromatic rings. The molecule has 0 radical (unpaired) electrons. The lowest BCUT2D eigenvalue weighted by atomic mass is 10.2. The SMILES string of the molecule is Cc1nc(Cl)ccc1NC(=O)c1cccc(Br)c1Cl. The van der Waals surface area contributed by atoms with Gasteiger partial charge in [-0.25, -0.2) is 4.98 Å². The first kappa shape index (κ1) is 14.3. The number of hydrogen-bond acceptors (Lipinski definition) is 2. The number of anilines is 1. The van der Waals surface area contributed by atoms with E-state index in [4.69, 9.17) is 23.2 Å². The van der Waals surface area contributed by atoms with Crippen molar-refractivity contribution >= 4 is 50.7 Å². The van der Waals surface area contributed by atoms with Crippen molar-refractivity contribution in [2.24, 2.45) is 0 Å². The second kappa shape index (κ2) is 5.90. The van der Waals surface area contributed by atoms with Gasteiger partial charge in [-0.05, 0) is 47.1 Å². The number of rotatable bonds is 2. The topological polar surface area (TPSA) is 42.0 Å². The van der Waals surface area contributed by atoms with E-state index in [0.717, 1.165) is 0 Å². The number of amides is 1. The van der Waals surface area contributed by atoms with Crippen molar-refractivity contribution in [2.75, 3.05) is 5.32 Å². The van der Waals surface area contributed by atoms with E-state index in [9.17, 15) is 4.79 Å². The van der Waals surface area contributed by atoms with Crippen LogP contribution in [-0.4, -0.2) is 10.9 Å². The number of nitrogens with zero attached hydrogens (tertiary/aromatic N) is 1. The standard InChI is InChI=1S/C13H9BrCl2N2O/c1-7-10(5-6-11(15)17-7)18-13(19)8-3-2-4-9(14)12(8)16/h2-6H,1H3,(H,18,19). The fourth-order valence-corrected chi connectivity index (χ4v) is 2.30. The predicted octanol–water partition coefficient (Wildman–Crippen LogP) is 4.71. The third-order valence-corrected chi connectivity index (χ3v) is 4.00. The molecule has 0 unspecified atom stereocenters. The molecule has 0 aliphatic rings. The van der Waals surface area contributed by atoms with Crippen LogP contribution in [0.15, 0.2) is 34.8 Å². The Hall–Kier alpha value is -1.10. The molecule has 1 aromatic heterocycles. The number of nitrogens with one attached hydrogen (secondary N) is 1. The second-order valence-electron chi connectivity index (χ2n) is 3.82. The molecule has 1 heterocycles. The average Bonchev–Trinajstić information content (AvgIpc) is 2.36. The maximum absolute atomic E-state index is 12.1. The number of pyridine rings is 1. The first-order valence-electron chi connectivity index (χ1n) is 5.37. The minimum atomic E-state index is -0.293. The quantitative estimate of drug-likeness (QED) is 0.789. The summed E-state index contributed by atoms with van der Waals surface area (Å²) in [6.07, 6.45) is 0. The summed E-state index contributed by atoms with van der Waals surface area (Å²) in [5.41, 5.74) is 1.64. The Bertz CT molecular complexity index is 647. The van der Waals surface area contributed by atoms with Crippen molar-refractivity contribution in [3.8, 4) is 0 Å². The highest BCUT2D eigenvalue weighted by Gasteiger charge is 2.13. The van der Waals surface area contributed by atoms with E-state index in [2.05, 4.69) is 26.2 Å². The Morgan fingerprint density at radius 3 is 2.68 bits per heavy atom. The summed E-state index contributed by atoms with van der Waals surface area (Å²) in [4.78, 5) is 16.2. The summed E-state index contributed by atoms with van der Waals surface area (Å²) in [5, 5.41) is 3.52. The molecule has 0 spiro atoms. The van der Waals surface area contributed by atoms with Gasteiger partial charge in [0.2, 0.25) is 0 Å². The van der Waals surface area contributed by atoms with Crippen LogP contribution >= 0.6 is 39.1 Å². The molecule has 2 rings (SSSR count). The number of aryl methyl sites for hydroxylation is 1. The van der Waals surface area contributed by atoms with E-state index in [1.807, 2.05) is 0 Å². The van der Waals surface area contributed by atoms with Gasteiger partial charge in [-0.2, -0.15) is 0 Å². The van der Waals surface area contributed by atoms with Crippen molar-refractivity contribution in [3.63, 3.8) is 0 Å². The molecule has 6 heteroatoms. The Balaban J connectivity index is 2.28. The van der Waals surface area contributed by atoms with Crippen LogP contribution < -0.4 is 5.32 Å². The van der Waals surface area contributed by atoms with Gasteiger partial charge >= 0.3 is 0 Å². The summed E-state index contributed by atoms with van der Waals surface area (Å²) < 4.78 is 0.674. The van der Waals surface area contributed by atoms with Gasteiger partial charge in [0.25, 0.3) is 5.91 Å². The molecule has 0 fully saturated rings. The number of halogens is 3. The molecule has 0 atom stereocenters. The lowest BCUT2D eigenvalue weighted by Gasteiger charge is -2.09. The number of hydrogen-bond donors (Lipinski definition) is 1. The molecule has 3 nitrogen and oxygen atoms in total. The van der Waals surface area contributed by atoms with E-state index >= 15 is 0 Å². The Morgan fingerprint density at radius 1 is 1.26 bits per heavy atom. The maximum atomic E-state index is 12.1. The highest BCUT2D eigenvalue weighted by molar-refractivity contribution is 9.10. The van der Waals surface area contributed by atoms with Crippen LogP contribution in [0.1, 0.15) is 16.1 Å². The van der Waals surface area contributed by atoms with E-state index in [1.165, 1.54) is 0 Å². The monoisotopic (exact) mass is 358 g/mol. The van der Waals surface area contributed by atoms with Gasteiger partial charge in [-0.3, -0.25) is 4.79 Å². The maximum Gasteiger partial charge on any atom is 0.257 e. The minimum Gasteiger partial charge on any atom is -0.320 e. The molecule has 0 saturated heterocycles. The van der Waals surface area contributed by atoms with Crippen molar-refractivity contribution in [1.82, 2.24) is 4.98 Å². The van der Waals surface area contributed by atoms with E-state index < -0.39 is 0 Å². The van der Waals surface area contributed by atoms with Gasteiger partial charge in [0.05, 0.1) is 22.0 Å². The number of carbonyl (C=O) groups is 1. The normalized spacial score (nSPS) is 10.3. The zero-order valence-corrected chi connectivity index (χ0v) is 13.0. The van der Waals surface area contributed by atoms with Crippen LogP contribution in [0.4, 0.5) is 5.69 Å². The van der Waals surface area contributed by atoms with Crippen molar-refractivity contribution in [3.05, 3.63) is 56.2 Å². The Labute approximate surface area is 129 Å². The van der Waals surface area contributed by atoms with Crippen LogP contribution in [0.2, 0.25) is 10.2 Å². The minimum absolute atomic E-state index is 0.293. The number of aromatic nitrogens is 1. The van der Waals surface area contributed by atoms with Crippen LogP contribution in [0.5, 0.6) is 0 Å². The third-order valence-electron chi connectivity index (χ3n) is 2.50. The summed E-state index contributed by atoms with van der Waals surface area (Å²) in [6, 6.07) is 8.49. The molecular formula is C13H9BrCl2N2O. The van der Waals surface area contributed by atoms with Crippen LogP contribution in [-0.2, 0) is 0 Å². The van der Waals surface area contributed by atoms with Gasteiger partial charge in [0.15, 0.2) is 0 Å². The number of carbonyl (C=O) groups excluding carboxylic acids is 1. The summed E-state index contributed by atoms with van der Waals surface area (Å²) >= 11 is 15.1. The molecule has 1 amide bonds. The summed E-state index contributed by atoms with van der Waals surface area (Å²) in [7, 11) is 0. The lowest BCUT2D eigenvalue weighted by molar-refractivity contribution is 0.102. The molecular weight excluding hydrogens is 351 g/mol. The smallest absolute Gasteiger partial charge is 0.257 e. The van der Waals surface area contributed by atoms with Gasteiger partial charge < -0.3 is 5.32 Å². The zero-order chi connectivity index (χ0) is 14.0. The Morgan fingerprint density at radius 2 is 2.00 bits per heavy atom. The largest absolute Gasteiger partial charge is 0.320 e. The molecule has 1 N–H and O–H groups in total. The van der Waals surface area contributed by atoms with E-state index in [0.29, 0.717) is 31.6 Å².